The normalized spacial score (nSPS) is 25.9. The van der Waals surface area contributed by atoms with E-state index < -0.39 is 0 Å². The molecule has 1 aromatic rings. The van der Waals surface area contributed by atoms with Gasteiger partial charge in [-0.3, -0.25) is 0 Å². The van der Waals surface area contributed by atoms with Gasteiger partial charge < -0.3 is 4.74 Å². The number of hydrogen-bond donors (Lipinski definition) is 0. The molecule has 2 rings (SSSR count). The van der Waals surface area contributed by atoms with Gasteiger partial charge in [0.05, 0.1) is 0 Å². The van der Waals surface area contributed by atoms with Crippen LogP contribution in [0.4, 0.5) is 0 Å². The van der Waals surface area contributed by atoms with Crippen LogP contribution in [0.1, 0.15) is 51.2 Å². The minimum Gasteiger partial charge on any atom is -0.489 e. The van der Waals surface area contributed by atoms with Crippen LogP contribution < -0.4 is 4.74 Å². The van der Waals surface area contributed by atoms with Gasteiger partial charge in [0.15, 0.2) is 0 Å². The van der Waals surface area contributed by atoms with Crippen LogP contribution >= 0.6 is 11.6 Å². The fourth-order valence-corrected chi connectivity index (χ4v) is 2.60. The largest absolute Gasteiger partial charge is 0.489 e. The van der Waals surface area contributed by atoms with Gasteiger partial charge in [-0.05, 0) is 30.0 Å². The van der Waals surface area contributed by atoms with Crippen molar-refractivity contribution in [2.75, 3.05) is 0 Å². The van der Waals surface area contributed by atoms with Gasteiger partial charge in [-0.15, -0.1) is 11.6 Å². The maximum Gasteiger partial charge on any atom is 0.122 e. The van der Waals surface area contributed by atoms with E-state index >= 15 is 0 Å². The molecule has 0 aliphatic heterocycles. The van der Waals surface area contributed by atoms with E-state index in [1.807, 2.05) is 0 Å². The summed E-state index contributed by atoms with van der Waals surface area (Å²) in [4.78, 5) is 0. The molecular formula is C16H23ClO. The summed E-state index contributed by atoms with van der Waals surface area (Å²) in [7, 11) is 0. The number of alkyl halides is 1. The highest BCUT2D eigenvalue weighted by Crippen LogP contribution is 2.46. The number of halogens is 1. The molecular weight excluding hydrogens is 244 g/mol. The van der Waals surface area contributed by atoms with Crippen molar-refractivity contribution in [2.45, 2.75) is 58.4 Å². The van der Waals surface area contributed by atoms with Gasteiger partial charge in [-0.1, -0.05) is 39.8 Å². The van der Waals surface area contributed by atoms with Gasteiger partial charge in [0.2, 0.25) is 0 Å². The minimum atomic E-state index is 0.0713. The van der Waals surface area contributed by atoms with Crippen LogP contribution in [0.2, 0.25) is 0 Å². The molecule has 1 aromatic carbocycles. The second-order valence-corrected chi connectivity index (χ2v) is 6.84. The quantitative estimate of drug-likeness (QED) is 0.707. The van der Waals surface area contributed by atoms with Gasteiger partial charge in [0.1, 0.15) is 11.9 Å². The molecule has 1 nitrogen and oxygen atoms in total. The summed E-state index contributed by atoms with van der Waals surface area (Å²) in [5.41, 5.74) is 2.60. The third kappa shape index (κ3) is 2.38. The maximum absolute atomic E-state index is 6.24. The fourth-order valence-electron chi connectivity index (χ4n) is 2.29. The highest BCUT2D eigenvalue weighted by Gasteiger charge is 2.49. The Balaban J connectivity index is 2.17. The number of rotatable bonds is 3. The Bertz CT molecular complexity index is 437. The van der Waals surface area contributed by atoms with Gasteiger partial charge in [-0.2, -0.15) is 0 Å². The molecule has 2 unspecified atom stereocenters. The summed E-state index contributed by atoms with van der Waals surface area (Å²) in [6.45, 7) is 10.9. The molecule has 1 saturated carbocycles. The lowest BCUT2D eigenvalue weighted by molar-refractivity contribution is -0.0134. The Morgan fingerprint density at radius 2 is 2.00 bits per heavy atom. The van der Waals surface area contributed by atoms with Crippen molar-refractivity contribution >= 4 is 11.6 Å². The Morgan fingerprint density at radius 3 is 2.50 bits per heavy atom. The Hall–Kier alpha value is -0.690. The van der Waals surface area contributed by atoms with E-state index in [2.05, 4.69) is 52.8 Å². The molecule has 0 aromatic heterocycles. The van der Waals surface area contributed by atoms with Crippen LogP contribution in [0.15, 0.2) is 18.2 Å². The Morgan fingerprint density at radius 1 is 1.33 bits per heavy atom. The molecule has 0 bridgehead atoms. The molecule has 2 atom stereocenters. The van der Waals surface area contributed by atoms with E-state index in [9.17, 15) is 0 Å². The van der Waals surface area contributed by atoms with Gasteiger partial charge in [0.25, 0.3) is 0 Å². The number of benzene rings is 1. The van der Waals surface area contributed by atoms with Crippen LogP contribution in [0.5, 0.6) is 5.75 Å². The lowest BCUT2D eigenvalue weighted by Crippen LogP contribution is -2.53. The van der Waals surface area contributed by atoms with Crippen molar-refractivity contribution in [3.05, 3.63) is 29.3 Å². The zero-order chi connectivity index (χ0) is 13.5. The number of ether oxygens (including phenoxy) is 1. The average Bonchev–Trinajstić information content (AvgIpc) is 2.30. The summed E-state index contributed by atoms with van der Waals surface area (Å²) in [6.07, 6.45) is 1.18. The van der Waals surface area contributed by atoms with Crippen LogP contribution in [-0.2, 0) is 0 Å². The van der Waals surface area contributed by atoms with Crippen LogP contribution in [0, 0.1) is 12.3 Å². The molecule has 2 heteroatoms. The molecule has 0 spiro atoms. The fraction of sp³-hybridized carbons (Fsp3) is 0.625. The summed E-state index contributed by atoms with van der Waals surface area (Å²) in [5, 5.41) is 0.232. The summed E-state index contributed by atoms with van der Waals surface area (Å²) >= 11 is 6.24. The molecule has 1 aliphatic carbocycles. The smallest absolute Gasteiger partial charge is 0.122 e. The maximum atomic E-state index is 6.24. The van der Waals surface area contributed by atoms with E-state index in [4.69, 9.17) is 16.3 Å². The molecule has 0 N–H and O–H groups in total. The van der Waals surface area contributed by atoms with Crippen molar-refractivity contribution in [2.24, 2.45) is 5.41 Å². The highest BCUT2D eigenvalue weighted by atomic mass is 35.5. The zero-order valence-electron chi connectivity index (χ0n) is 12.0. The van der Waals surface area contributed by atoms with Crippen LogP contribution in [0.3, 0.4) is 0 Å². The van der Waals surface area contributed by atoms with Crippen molar-refractivity contribution in [1.82, 2.24) is 0 Å². The van der Waals surface area contributed by atoms with Gasteiger partial charge in [-0.25, -0.2) is 0 Å². The standard InChI is InChI=1S/C16H23ClO/c1-10(2)12-7-6-11(3)13(8-12)18-15-9-14(17)16(15,4)5/h6-8,10,14-15H,9H2,1-5H3. The molecule has 18 heavy (non-hydrogen) atoms. The van der Waals surface area contributed by atoms with Crippen LogP contribution in [-0.4, -0.2) is 11.5 Å². The molecule has 0 radical (unpaired) electrons. The Kier molecular flexibility index (Phi) is 3.64. The van der Waals surface area contributed by atoms with Gasteiger partial charge >= 0.3 is 0 Å². The predicted molar refractivity (Wildman–Crippen MR) is 77.7 cm³/mol. The van der Waals surface area contributed by atoms with Crippen molar-refractivity contribution in [3.63, 3.8) is 0 Å². The molecule has 1 fully saturated rings. The third-order valence-corrected chi connectivity index (χ3v) is 4.95. The van der Waals surface area contributed by atoms with E-state index in [0.717, 1.165) is 12.2 Å². The van der Waals surface area contributed by atoms with Crippen molar-refractivity contribution < 1.29 is 4.74 Å². The SMILES string of the molecule is Cc1ccc(C(C)C)cc1OC1CC(Cl)C1(C)C. The van der Waals surface area contributed by atoms with Gasteiger partial charge in [0, 0.05) is 17.2 Å². The Labute approximate surface area is 115 Å². The second-order valence-electron chi connectivity index (χ2n) is 6.31. The first kappa shape index (κ1) is 13.7. The lowest BCUT2D eigenvalue weighted by atomic mass is 9.68. The van der Waals surface area contributed by atoms with Crippen molar-refractivity contribution in [1.29, 1.82) is 0 Å². The number of hydrogen-bond acceptors (Lipinski definition) is 1. The number of aryl methyl sites for hydroxylation is 1. The molecule has 100 valence electrons. The average molecular weight is 267 g/mol. The minimum absolute atomic E-state index is 0.0713. The molecule has 0 amide bonds. The van der Waals surface area contributed by atoms with E-state index in [1.54, 1.807) is 0 Å². The monoisotopic (exact) mass is 266 g/mol. The van der Waals surface area contributed by atoms with Crippen LogP contribution in [0.25, 0.3) is 0 Å². The first-order valence-electron chi connectivity index (χ1n) is 6.73. The highest BCUT2D eigenvalue weighted by molar-refractivity contribution is 6.21. The van der Waals surface area contributed by atoms with Crippen molar-refractivity contribution in [3.8, 4) is 5.75 Å². The zero-order valence-corrected chi connectivity index (χ0v) is 12.7. The summed E-state index contributed by atoms with van der Waals surface area (Å²) < 4.78 is 6.17. The lowest BCUT2D eigenvalue weighted by Gasteiger charge is -2.48. The second kappa shape index (κ2) is 4.77. The molecule has 0 heterocycles. The first-order valence-corrected chi connectivity index (χ1v) is 7.17. The van der Waals surface area contributed by atoms with E-state index in [1.165, 1.54) is 11.1 Å². The first-order chi connectivity index (χ1) is 8.32. The molecule has 0 saturated heterocycles. The topological polar surface area (TPSA) is 9.23 Å². The summed E-state index contributed by atoms with van der Waals surface area (Å²) in [6, 6.07) is 6.51. The summed E-state index contributed by atoms with van der Waals surface area (Å²) in [5.74, 6) is 1.55. The van der Waals surface area contributed by atoms with E-state index in [0.29, 0.717) is 5.92 Å². The molecule has 1 aliphatic rings. The third-order valence-electron chi connectivity index (χ3n) is 4.21. The van der Waals surface area contributed by atoms with E-state index in [-0.39, 0.29) is 16.9 Å². The predicted octanol–water partition coefficient (Wildman–Crippen LogP) is 4.90.